The summed E-state index contributed by atoms with van der Waals surface area (Å²) in [5.41, 5.74) is 5.81. The minimum atomic E-state index is 0.0671. The Hall–Kier alpha value is -0.0900. The summed E-state index contributed by atoms with van der Waals surface area (Å²) in [6.07, 6.45) is 0. The van der Waals surface area contributed by atoms with Gasteiger partial charge in [-0.25, -0.2) is 0 Å². The zero-order valence-electron chi connectivity index (χ0n) is 6.30. The summed E-state index contributed by atoms with van der Waals surface area (Å²) in [6, 6.07) is 3.91. The molecule has 2 nitrogen and oxygen atoms in total. The van der Waals surface area contributed by atoms with Crippen molar-refractivity contribution < 1.29 is 0 Å². The van der Waals surface area contributed by atoms with Crippen molar-refractivity contribution in [1.29, 1.82) is 0 Å². The van der Waals surface area contributed by atoms with Crippen molar-refractivity contribution in [1.82, 2.24) is 5.32 Å². The summed E-state index contributed by atoms with van der Waals surface area (Å²) in [4.78, 5) is 1.13. The minimum absolute atomic E-state index is 0.0671. The van der Waals surface area contributed by atoms with Gasteiger partial charge in [-0.3, -0.25) is 0 Å². The Morgan fingerprint density at radius 2 is 2.45 bits per heavy atom. The van der Waals surface area contributed by atoms with E-state index in [0.29, 0.717) is 0 Å². The highest BCUT2D eigenvalue weighted by molar-refractivity contribution is 7.16. The molecule has 0 bridgehead atoms. The average Bonchev–Trinajstić information content (AvgIpc) is 2.36. The predicted molar refractivity (Wildman–Crippen MR) is 50.2 cm³/mol. The van der Waals surface area contributed by atoms with Crippen LogP contribution >= 0.6 is 22.9 Å². The van der Waals surface area contributed by atoms with Gasteiger partial charge in [0.05, 0.1) is 10.4 Å². The summed E-state index contributed by atoms with van der Waals surface area (Å²) in [6.45, 7) is 0.789. The molecule has 0 aliphatic rings. The molecular formula is C7H11ClN2S. The van der Waals surface area contributed by atoms with Gasteiger partial charge in [0, 0.05) is 11.4 Å². The third kappa shape index (κ3) is 2.45. The van der Waals surface area contributed by atoms with Gasteiger partial charge in [-0.15, -0.1) is 11.3 Å². The first-order chi connectivity index (χ1) is 5.24. The van der Waals surface area contributed by atoms with Crippen molar-refractivity contribution in [2.45, 2.75) is 6.04 Å². The van der Waals surface area contributed by atoms with Crippen LogP contribution in [-0.4, -0.2) is 13.6 Å². The highest BCUT2D eigenvalue weighted by atomic mass is 35.5. The molecule has 1 aromatic heterocycles. The number of hydrogen-bond acceptors (Lipinski definition) is 3. The number of hydrogen-bond donors (Lipinski definition) is 2. The Kier molecular flexibility index (Phi) is 3.33. The Bertz CT molecular complexity index is 224. The van der Waals surface area contributed by atoms with Crippen molar-refractivity contribution >= 4 is 22.9 Å². The van der Waals surface area contributed by atoms with Crippen LogP contribution in [0.15, 0.2) is 12.1 Å². The Morgan fingerprint density at radius 1 is 1.73 bits per heavy atom. The lowest BCUT2D eigenvalue weighted by atomic mass is 10.2. The summed E-state index contributed by atoms with van der Waals surface area (Å²) in [5, 5.41) is 3.01. The molecule has 4 heteroatoms. The molecule has 11 heavy (non-hydrogen) atoms. The fourth-order valence-corrected chi connectivity index (χ4v) is 1.91. The van der Waals surface area contributed by atoms with Crippen LogP contribution in [-0.2, 0) is 0 Å². The second-order valence-corrected chi connectivity index (χ2v) is 4.05. The Morgan fingerprint density at radius 3 is 2.91 bits per heavy atom. The van der Waals surface area contributed by atoms with Gasteiger partial charge in [-0.1, -0.05) is 11.6 Å². The standard InChI is InChI=1S/C7H11ClN2S/c1-10-4-5(9)6-2-3-7(8)11-6/h2-3,5,10H,4,9H2,1H3. The molecule has 0 aliphatic heterocycles. The van der Waals surface area contributed by atoms with E-state index < -0.39 is 0 Å². The SMILES string of the molecule is CNCC(N)c1ccc(Cl)s1. The lowest BCUT2D eigenvalue weighted by Gasteiger charge is -2.06. The van der Waals surface area contributed by atoms with E-state index in [2.05, 4.69) is 5.32 Å². The fraction of sp³-hybridized carbons (Fsp3) is 0.429. The molecule has 62 valence electrons. The molecule has 0 amide bonds. The zero-order valence-corrected chi connectivity index (χ0v) is 7.88. The van der Waals surface area contributed by atoms with E-state index in [9.17, 15) is 0 Å². The van der Waals surface area contributed by atoms with Crippen LogP contribution in [0.1, 0.15) is 10.9 Å². The Labute approximate surface area is 75.4 Å². The van der Waals surface area contributed by atoms with Crippen molar-refractivity contribution in [2.24, 2.45) is 5.73 Å². The number of nitrogens with one attached hydrogen (secondary N) is 1. The minimum Gasteiger partial charge on any atom is -0.322 e. The fourth-order valence-electron chi connectivity index (χ4n) is 0.848. The molecule has 0 saturated carbocycles. The third-order valence-electron chi connectivity index (χ3n) is 1.38. The maximum absolute atomic E-state index is 5.81. The first-order valence-electron chi connectivity index (χ1n) is 3.39. The van der Waals surface area contributed by atoms with E-state index in [1.165, 1.54) is 11.3 Å². The summed E-state index contributed by atoms with van der Waals surface area (Å²) in [7, 11) is 1.88. The largest absolute Gasteiger partial charge is 0.322 e. The molecule has 0 aromatic carbocycles. The van der Waals surface area contributed by atoms with E-state index in [1.54, 1.807) is 0 Å². The van der Waals surface area contributed by atoms with Crippen molar-refractivity contribution in [3.05, 3.63) is 21.3 Å². The molecule has 1 atom stereocenters. The molecule has 1 aromatic rings. The monoisotopic (exact) mass is 190 g/mol. The van der Waals surface area contributed by atoms with Gasteiger partial charge in [0.2, 0.25) is 0 Å². The number of rotatable bonds is 3. The lowest BCUT2D eigenvalue weighted by molar-refractivity contribution is 0.662. The number of likely N-dealkylation sites (N-methyl/N-ethyl adjacent to an activating group) is 1. The maximum Gasteiger partial charge on any atom is 0.0931 e. The van der Waals surface area contributed by atoms with Crippen LogP contribution in [0.4, 0.5) is 0 Å². The molecule has 1 heterocycles. The summed E-state index contributed by atoms with van der Waals surface area (Å²) >= 11 is 7.28. The molecule has 3 N–H and O–H groups in total. The van der Waals surface area contributed by atoms with Gasteiger partial charge in [0.25, 0.3) is 0 Å². The van der Waals surface area contributed by atoms with Crippen LogP contribution in [0.3, 0.4) is 0 Å². The number of halogens is 1. The zero-order chi connectivity index (χ0) is 8.27. The van der Waals surface area contributed by atoms with E-state index in [0.717, 1.165) is 15.8 Å². The second kappa shape index (κ2) is 4.07. The summed E-state index contributed by atoms with van der Waals surface area (Å²) in [5.74, 6) is 0. The van der Waals surface area contributed by atoms with Crippen LogP contribution < -0.4 is 11.1 Å². The highest BCUT2D eigenvalue weighted by Gasteiger charge is 2.06. The maximum atomic E-state index is 5.81. The Balaban J connectivity index is 2.60. The molecular weight excluding hydrogens is 180 g/mol. The van der Waals surface area contributed by atoms with Crippen LogP contribution in [0.2, 0.25) is 4.34 Å². The van der Waals surface area contributed by atoms with E-state index >= 15 is 0 Å². The molecule has 0 saturated heterocycles. The van der Waals surface area contributed by atoms with Crippen molar-refractivity contribution in [3.8, 4) is 0 Å². The first kappa shape index (κ1) is 9.00. The second-order valence-electron chi connectivity index (χ2n) is 2.31. The van der Waals surface area contributed by atoms with E-state index in [4.69, 9.17) is 17.3 Å². The third-order valence-corrected chi connectivity index (χ3v) is 2.75. The molecule has 0 aliphatic carbocycles. The molecule has 0 fully saturated rings. The first-order valence-corrected chi connectivity index (χ1v) is 4.59. The quantitative estimate of drug-likeness (QED) is 0.761. The molecule has 0 radical (unpaired) electrons. The molecule has 1 unspecified atom stereocenters. The van der Waals surface area contributed by atoms with Crippen LogP contribution in [0.5, 0.6) is 0 Å². The van der Waals surface area contributed by atoms with Gasteiger partial charge in [-0.05, 0) is 19.2 Å². The predicted octanol–water partition coefficient (Wildman–Crippen LogP) is 1.62. The van der Waals surface area contributed by atoms with Gasteiger partial charge in [0.1, 0.15) is 0 Å². The van der Waals surface area contributed by atoms with Gasteiger partial charge < -0.3 is 11.1 Å². The summed E-state index contributed by atoms with van der Waals surface area (Å²) < 4.78 is 0.798. The highest BCUT2D eigenvalue weighted by Crippen LogP contribution is 2.25. The van der Waals surface area contributed by atoms with Gasteiger partial charge in [-0.2, -0.15) is 0 Å². The smallest absolute Gasteiger partial charge is 0.0931 e. The van der Waals surface area contributed by atoms with Crippen molar-refractivity contribution in [2.75, 3.05) is 13.6 Å². The van der Waals surface area contributed by atoms with Gasteiger partial charge >= 0.3 is 0 Å². The topological polar surface area (TPSA) is 38.0 Å². The normalized spacial score (nSPS) is 13.4. The lowest BCUT2D eigenvalue weighted by Crippen LogP contribution is -2.22. The number of thiophene rings is 1. The van der Waals surface area contributed by atoms with Crippen LogP contribution in [0.25, 0.3) is 0 Å². The molecule has 0 spiro atoms. The van der Waals surface area contributed by atoms with Crippen LogP contribution in [0, 0.1) is 0 Å². The number of nitrogens with two attached hydrogens (primary N) is 1. The average molecular weight is 191 g/mol. The molecule has 1 rings (SSSR count). The van der Waals surface area contributed by atoms with Crippen molar-refractivity contribution in [3.63, 3.8) is 0 Å². The van der Waals surface area contributed by atoms with Gasteiger partial charge in [0.15, 0.2) is 0 Å². The van der Waals surface area contributed by atoms with E-state index in [1.807, 2.05) is 19.2 Å². The van der Waals surface area contributed by atoms with E-state index in [-0.39, 0.29) is 6.04 Å².